The Kier molecular flexibility index (Phi) is 4.38. The molecular formula is C18H14FN3O. The van der Waals surface area contributed by atoms with Crippen molar-refractivity contribution >= 4 is 18.4 Å². The number of benzene rings is 2. The van der Waals surface area contributed by atoms with Crippen LogP contribution in [0.15, 0.2) is 54.6 Å². The van der Waals surface area contributed by atoms with Gasteiger partial charge in [0.05, 0.1) is 12.2 Å². The van der Waals surface area contributed by atoms with Crippen molar-refractivity contribution in [3.05, 3.63) is 82.9 Å². The minimum Gasteiger partial charge on any atom is -0.296 e. The molecule has 0 aliphatic heterocycles. The molecule has 23 heavy (non-hydrogen) atoms. The van der Waals surface area contributed by atoms with E-state index < -0.39 is 0 Å². The Morgan fingerprint density at radius 1 is 1.04 bits per heavy atom. The maximum Gasteiger partial charge on any atom is 0.172 e. The van der Waals surface area contributed by atoms with Crippen molar-refractivity contribution in [1.29, 1.82) is 0 Å². The van der Waals surface area contributed by atoms with E-state index in [1.165, 1.54) is 12.1 Å². The van der Waals surface area contributed by atoms with Gasteiger partial charge in [-0.3, -0.25) is 4.79 Å². The van der Waals surface area contributed by atoms with E-state index in [0.717, 1.165) is 11.1 Å². The van der Waals surface area contributed by atoms with Crippen LogP contribution in [0.2, 0.25) is 0 Å². The van der Waals surface area contributed by atoms with Gasteiger partial charge in [0, 0.05) is 0 Å². The van der Waals surface area contributed by atoms with Crippen molar-refractivity contribution in [3.8, 4) is 0 Å². The maximum atomic E-state index is 13.3. The van der Waals surface area contributed by atoms with E-state index in [1.54, 1.807) is 22.9 Å². The number of carbonyl (C=O) groups is 1. The van der Waals surface area contributed by atoms with E-state index in [0.29, 0.717) is 18.5 Å². The normalized spacial score (nSPS) is 11.0. The second-order valence-electron chi connectivity index (χ2n) is 5.01. The molecular weight excluding hydrogens is 293 g/mol. The summed E-state index contributed by atoms with van der Waals surface area (Å²) in [4.78, 5) is 11.1. The van der Waals surface area contributed by atoms with Gasteiger partial charge in [0.15, 0.2) is 12.0 Å². The molecule has 0 fully saturated rings. The van der Waals surface area contributed by atoms with E-state index in [-0.39, 0.29) is 11.5 Å². The van der Waals surface area contributed by atoms with Crippen molar-refractivity contribution in [1.82, 2.24) is 15.0 Å². The molecule has 3 rings (SSSR count). The minimum absolute atomic E-state index is 0.258. The van der Waals surface area contributed by atoms with E-state index >= 15 is 0 Å². The van der Waals surface area contributed by atoms with Crippen molar-refractivity contribution < 1.29 is 9.18 Å². The lowest BCUT2D eigenvalue weighted by Gasteiger charge is -2.04. The van der Waals surface area contributed by atoms with Crippen LogP contribution in [0.4, 0.5) is 4.39 Å². The van der Waals surface area contributed by atoms with Gasteiger partial charge in [0.2, 0.25) is 0 Å². The fourth-order valence-corrected chi connectivity index (χ4v) is 2.25. The monoisotopic (exact) mass is 307 g/mol. The molecule has 0 aliphatic rings. The summed E-state index contributed by atoms with van der Waals surface area (Å²) in [7, 11) is 0. The first-order valence-electron chi connectivity index (χ1n) is 7.12. The molecule has 2 aromatic carbocycles. The Labute approximate surface area is 132 Å². The molecule has 0 bridgehead atoms. The second-order valence-corrected chi connectivity index (χ2v) is 5.01. The van der Waals surface area contributed by atoms with Gasteiger partial charge in [0.1, 0.15) is 5.82 Å². The Morgan fingerprint density at radius 2 is 1.87 bits per heavy atom. The van der Waals surface area contributed by atoms with E-state index in [2.05, 4.69) is 10.3 Å². The van der Waals surface area contributed by atoms with E-state index in [9.17, 15) is 9.18 Å². The van der Waals surface area contributed by atoms with Crippen LogP contribution < -0.4 is 0 Å². The number of aldehydes is 1. The Bertz CT molecular complexity index is 840. The lowest BCUT2D eigenvalue weighted by molar-refractivity contribution is 0.111. The molecule has 0 amide bonds. The van der Waals surface area contributed by atoms with Crippen LogP contribution in [-0.2, 0) is 6.54 Å². The second kappa shape index (κ2) is 6.79. The summed E-state index contributed by atoms with van der Waals surface area (Å²) in [6.45, 7) is 0.340. The standard InChI is InChI=1S/C18H14FN3O/c19-16-8-4-7-15(11-16)12-22-18(17(13-23)20-21-22)10-9-14-5-2-1-3-6-14/h1-11,13H,12H2/b10-9+. The zero-order valence-electron chi connectivity index (χ0n) is 12.3. The minimum atomic E-state index is -0.306. The number of carbonyl (C=O) groups excluding carboxylic acids is 1. The molecule has 0 saturated carbocycles. The summed E-state index contributed by atoms with van der Waals surface area (Å²) in [5, 5.41) is 7.85. The molecule has 0 aliphatic carbocycles. The molecule has 5 heteroatoms. The highest BCUT2D eigenvalue weighted by Crippen LogP contribution is 2.13. The van der Waals surface area contributed by atoms with Crippen molar-refractivity contribution in [2.45, 2.75) is 6.54 Å². The first-order valence-corrected chi connectivity index (χ1v) is 7.12. The van der Waals surface area contributed by atoms with E-state index in [4.69, 9.17) is 0 Å². The van der Waals surface area contributed by atoms with Gasteiger partial charge in [-0.05, 0) is 29.3 Å². The SMILES string of the molecule is O=Cc1nnn(Cc2cccc(F)c2)c1/C=C/c1ccccc1. The summed E-state index contributed by atoms with van der Waals surface area (Å²) >= 11 is 0. The van der Waals surface area contributed by atoms with Crippen LogP contribution in [0.5, 0.6) is 0 Å². The number of rotatable bonds is 5. The van der Waals surface area contributed by atoms with Gasteiger partial charge < -0.3 is 0 Å². The lowest BCUT2D eigenvalue weighted by Crippen LogP contribution is -2.04. The topological polar surface area (TPSA) is 47.8 Å². The fraction of sp³-hybridized carbons (Fsp3) is 0.0556. The summed E-state index contributed by atoms with van der Waals surface area (Å²) in [5.41, 5.74) is 2.60. The molecule has 0 spiro atoms. The average Bonchev–Trinajstić information content (AvgIpc) is 2.95. The Balaban J connectivity index is 1.91. The molecule has 4 nitrogen and oxygen atoms in total. The summed E-state index contributed by atoms with van der Waals surface area (Å²) in [6.07, 6.45) is 4.34. The van der Waals surface area contributed by atoms with Gasteiger partial charge in [-0.15, -0.1) is 5.10 Å². The van der Waals surface area contributed by atoms with Crippen LogP contribution in [0.25, 0.3) is 12.2 Å². The molecule has 0 unspecified atom stereocenters. The maximum absolute atomic E-state index is 13.3. The highest BCUT2D eigenvalue weighted by molar-refractivity contribution is 5.81. The van der Waals surface area contributed by atoms with Crippen LogP contribution in [0, 0.1) is 5.82 Å². The Hall–Kier alpha value is -3.08. The fourth-order valence-electron chi connectivity index (χ4n) is 2.25. The largest absolute Gasteiger partial charge is 0.296 e. The highest BCUT2D eigenvalue weighted by atomic mass is 19.1. The molecule has 1 aromatic heterocycles. The molecule has 0 atom stereocenters. The molecule has 0 N–H and O–H groups in total. The van der Waals surface area contributed by atoms with Gasteiger partial charge in [-0.1, -0.05) is 53.8 Å². The smallest absolute Gasteiger partial charge is 0.172 e. The zero-order chi connectivity index (χ0) is 16.1. The third-order valence-corrected chi connectivity index (χ3v) is 3.37. The molecule has 1 heterocycles. The summed E-state index contributed by atoms with van der Waals surface area (Å²) in [6, 6.07) is 16.0. The Morgan fingerprint density at radius 3 is 2.61 bits per heavy atom. The third kappa shape index (κ3) is 3.58. The van der Waals surface area contributed by atoms with Crippen molar-refractivity contribution in [3.63, 3.8) is 0 Å². The number of nitrogens with zero attached hydrogens (tertiary/aromatic N) is 3. The quantitative estimate of drug-likeness (QED) is 0.678. The molecule has 0 saturated heterocycles. The third-order valence-electron chi connectivity index (χ3n) is 3.37. The van der Waals surface area contributed by atoms with Gasteiger partial charge in [-0.2, -0.15) is 0 Å². The predicted molar refractivity (Wildman–Crippen MR) is 86.3 cm³/mol. The molecule has 3 aromatic rings. The molecule has 0 radical (unpaired) electrons. The average molecular weight is 307 g/mol. The summed E-state index contributed by atoms with van der Waals surface area (Å²) < 4.78 is 14.9. The highest BCUT2D eigenvalue weighted by Gasteiger charge is 2.10. The lowest BCUT2D eigenvalue weighted by atomic mass is 10.2. The summed E-state index contributed by atoms with van der Waals surface area (Å²) in [5.74, 6) is -0.306. The van der Waals surface area contributed by atoms with E-state index in [1.807, 2.05) is 36.4 Å². The molecule has 114 valence electrons. The van der Waals surface area contributed by atoms with Gasteiger partial charge in [0.25, 0.3) is 0 Å². The number of hydrogen-bond donors (Lipinski definition) is 0. The predicted octanol–water partition coefficient (Wildman–Crippen LogP) is 3.45. The van der Waals surface area contributed by atoms with Gasteiger partial charge in [-0.25, -0.2) is 9.07 Å². The number of halogens is 1. The van der Waals surface area contributed by atoms with Crippen molar-refractivity contribution in [2.75, 3.05) is 0 Å². The number of aromatic nitrogens is 3. The van der Waals surface area contributed by atoms with Crippen LogP contribution in [0.3, 0.4) is 0 Å². The first-order chi connectivity index (χ1) is 11.3. The van der Waals surface area contributed by atoms with Crippen LogP contribution >= 0.6 is 0 Å². The first kappa shape index (κ1) is 14.8. The zero-order valence-corrected chi connectivity index (χ0v) is 12.3. The van der Waals surface area contributed by atoms with Crippen molar-refractivity contribution in [2.24, 2.45) is 0 Å². The number of hydrogen-bond acceptors (Lipinski definition) is 3. The van der Waals surface area contributed by atoms with Crippen LogP contribution in [0.1, 0.15) is 27.3 Å². The van der Waals surface area contributed by atoms with Gasteiger partial charge >= 0.3 is 0 Å². The van der Waals surface area contributed by atoms with Crippen LogP contribution in [-0.4, -0.2) is 21.3 Å².